The number of carbonyl (C=O) groups excluding carboxylic acids is 1. The highest BCUT2D eigenvalue weighted by Gasteiger charge is 2.69. The maximum atomic E-state index is 13.5. The van der Waals surface area contributed by atoms with Crippen LogP contribution in [-0.4, -0.2) is 124 Å². The third-order valence-electron chi connectivity index (χ3n) is 12.6. The summed E-state index contributed by atoms with van der Waals surface area (Å²) >= 11 is 0. The zero-order chi connectivity index (χ0) is 33.5. The Morgan fingerprint density at radius 2 is 1.64 bits per heavy atom. The van der Waals surface area contributed by atoms with Crippen molar-refractivity contribution in [1.29, 1.82) is 0 Å². The smallest absolute Gasteiger partial charge is 0.187 e. The highest BCUT2D eigenvalue weighted by Crippen LogP contribution is 2.68. The van der Waals surface area contributed by atoms with Gasteiger partial charge in [-0.25, -0.2) is 0 Å². The predicted octanol–water partition coefficient (Wildman–Crippen LogP) is -0.322. The summed E-state index contributed by atoms with van der Waals surface area (Å²) in [5.41, 5.74) is -5.20. The normalized spacial score (nSPS) is 48.9. The average molecular weight is 643 g/mol. The van der Waals surface area contributed by atoms with Crippen LogP contribution in [0.25, 0.3) is 0 Å². The molecule has 12 heteroatoms. The van der Waals surface area contributed by atoms with Crippen LogP contribution in [0, 0.1) is 28.6 Å². The quantitative estimate of drug-likeness (QED) is 0.166. The number of ketones is 1. The van der Waals surface area contributed by atoms with Crippen LogP contribution in [0.5, 0.6) is 0 Å². The summed E-state index contributed by atoms with van der Waals surface area (Å²) in [5.74, 6) is -1.40. The van der Waals surface area contributed by atoms with Crippen LogP contribution >= 0.6 is 0 Å². The van der Waals surface area contributed by atoms with Gasteiger partial charge in [0.25, 0.3) is 0 Å². The fourth-order valence-corrected chi connectivity index (χ4v) is 9.86. The molecule has 0 amide bonds. The van der Waals surface area contributed by atoms with Crippen molar-refractivity contribution in [3.8, 4) is 0 Å². The summed E-state index contributed by atoms with van der Waals surface area (Å²) < 4.78 is 11.8. The largest absolute Gasteiger partial charge is 0.394 e. The second-order valence-corrected chi connectivity index (χ2v) is 16.0. The summed E-state index contributed by atoms with van der Waals surface area (Å²) in [7, 11) is 0. The minimum Gasteiger partial charge on any atom is -0.394 e. The molecule has 1 heterocycles. The van der Waals surface area contributed by atoms with Crippen LogP contribution in [0.3, 0.4) is 0 Å². The van der Waals surface area contributed by atoms with Crippen LogP contribution in [0.4, 0.5) is 0 Å². The number of allylic oxidation sites excluding steroid dienone is 1. The van der Waals surface area contributed by atoms with Gasteiger partial charge in [0, 0.05) is 11.3 Å². The number of hydrogen-bond acceptors (Lipinski definition) is 12. The SMILES string of the molecule is CC(C)(O)CCC(O[C@@H]1O[C@H](CO)[C@@H](O)[C@H](O)[C@H]1O)[C@](C)(O)[C@H]1CC[C@@]2(O)C3=CC(=O)[C@@H]4C[C@@H](O)[C@@H](O)C[C@]4(C)[C@H]3CC[C@]12C. The molecule has 0 aromatic carbocycles. The minimum atomic E-state index is -1.69. The predicted molar refractivity (Wildman–Crippen MR) is 159 cm³/mol. The van der Waals surface area contributed by atoms with Gasteiger partial charge in [-0.15, -0.1) is 0 Å². The number of aliphatic hydroxyl groups excluding tert-OH is 6. The van der Waals surface area contributed by atoms with Crippen LogP contribution in [0.15, 0.2) is 11.6 Å². The minimum absolute atomic E-state index is 0.111. The van der Waals surface area contributed by atoms with Gasteiger partial charge in [0.2, 0.25) is 0 Å². The second kappa shape index (κ2) is 11.8. The van der Waals surface area contributed by atoms with E-state index in [1.54, 1.807) is 26.8 Å². The molecule has 12 nitrogen and oxygen atoms in total. The Bertz CT molecular complexity index is 1150. The van der Waals surface area contributed by atoms with E-state index in [0.29, 0.717) is 24.8 Å². The Morgan fingerprint density at radius 1 is 0.978 bits per heavy atom. The number of rotatable bonds is 8. The molecule has 4 fully saturated rings. The van der Waals surface area contributed by atoms with Gasteiger partial charge in [-0.05, 0) is 101 Å². The van der Waals surface area contributed by atoms with E-state index in [0.717, 1.165) is 0 Å². The van der Waals surface area contributed by atoms with Crippen molar-refractivity contribution >= 4 is 5.78 Å². The lowest BCUT2D eigenvalue weighted by Gasteiger charge is -2.61. The van der Waals surface area contributed by atoms with Gasteiger partial charge in [0.1, 0.15) is 24.4 Å². The maximum Gasteiger partial charge on any atom is 0.187 e. The fourth-order valence-electron chi connectivity index (χ4n) is 9.86. The van der Waals surface area contributed by atoms with Crippen molar-refractivity contribution in [3.63, 3.8) is 0 Å². The molecule has 1 aliphatic heterocycles. The molecule has 0 aromatic heterocycles. The first-order chi connectivity index (χ1) is 20.7. The molecule has 0 aromatic rings. The summed E-state index contributed by atoms with van der Waals surface area (Å²) in [5, 5.41) is 97.6. The van der Waals surface area contributed by atoms with Crippen LogP contribution in [-0.2, 0) is 14.3 Å². The van der Waals surface area contributed by atoms with E-state index in [4.69, 9.17) is 9.47 Å². The number of hydrogen-bond donors (Lipinski definition) is 9. The van der Waals surface area contributed by atoms with Crippen molar-refractivity contribution in [2.75, 3.05) is 6.61 Å². The summed E-state index contributed by atoms with van der Waals surface area (Å²) in [6.07, 6.45) is -6.69. The van der Waals surface area contributed by atoms with E-state index in [9.17, 15) is 50.8 Å². The standard InChI is InChI=1S/C33H54O12/c1-29(2,41)9-8-24(45-28-27(40)26(39)25(38)22(15-34)44-28)32(5,42)23-7-11-33(43)17-12-19(35)18-13-20(36)21(37)14-30(18,3)16(17)6-10-31(23,33)4/h12,16,18,20-28,34,36-43H,6-11,13-15H2,1-5H3/t16-,18-,20+,21-,22+,23-,24?,25+,26-,27+,28-,30+,31+,32+,33+/m0/s1. The van der Waals surface area contributed by atoms with Gasteiger partial charge >= 0.3 is 0 Å². The Kier molecular flexibility index (Phi) is 9.28. The molecule has 1 unspecified atom stereocenters. The van der Waals surface area contributed by atoms with Crippen molar-refractivity contribution in [2.45, 2.75) is 152 Å². The maximum absolute atomic E-state index is 13.5. The molecule has 1 saturated heterocycles. The Balaban J connectivity index is 1.47. The molecule has 0 bridgehead atoms. The molecule has 5 aliphatic rings. The van der Waals surface area contributed by atoms with Gasteiger partial charge in [-0.3, -0.25) is 4.79 Å². The van der Waals surface area contributed by atoms with E-state index in [1.165, 1.54) is 0 Å². The average Bonchev–Trinajstić information content (AvgIpc) is 3.23. The molecule has 258 valence electrons. The number of aliphatic hydroxyl groups is 9. The molecule has 9 N–H and O–H groups in total. The van der Waals surface area contributed by atoms with Crippen LogP contribution in [0.2, 0.25) is 0 Å². The first-order valence-corrected chi connectivity index (χ1v) is 16.5. The molecule has 4 aliphatic carbocycles. The monoisotopic (exact) mass is 642 g/mol. The van der Waals surface area contributed by atoms with E-state index >= 15 is 0 Å². The van der Waals surface area contributed by atoms with Crippen molar-refractivity contribution in [2.24, 2.45) is 28.6 Å². The zero-order valence-electron chi connectivity index (χ0n) is 27.0. The summed E-state index contributed by atoms with van der Waals surface area (Å²) in [6, 6.07) is 0. The molecular weight excluding hydrogens is 588 g/mol. The lowest BCUT2D eigenvalue weighted by molar-refractivity contribution is -0.328. The molecule has 0 spiro atoms. The van der Waals surface area contributed by atoms with Crippen LogP contribution < -0.4 is 0 Å². The lowest BCUT2D eigenvalue weighted by Crippen LogP contribution is -2.64. The first-order valence-electron chi connectivity index (χ1n) is 16.5. The van der Waals surface area contributed by atoms with E-state index in [-0.39, 0.29) is 43.8 Å². The Morgan fingerprint density at radius 3 is 2.27 bits per heavy atom. The molecule has 5 rings (SSSR count). The van der Waals surface area contributed by atoms with Crippen molar-refractivity contribution < 1.29 is 60.2 Å². The first kappa shape index (κ1) is 35.3. The van der Waals surface area contributed by atoms with Crippen molar-refractivity contribution in [3.05, 3.63) is 11.6 Å². The molecule has 45 heavy (non-hydrogen) atoms. The highest BCUT2D eigenvalue weighted by molar-refractivity contribution is 5.95. The van der Waals surface area contributed by atoms with Gasteiger partial charge in [0.05, 0.1) is 41.7 Å². The number of fused-ring (bicyclic) bond motifs is 5. The third kappa shape index (κ3) is 5.65. The van der Waals surface area contributed by atoms with Gasteiger partial charge in [-0.1, -0.05) is 13.8 Å². The van der Waals surface area contributed by atoms with E-state index in [2.05, 4.69) is 0 Å². The highest BCUT2D eigenvalue weighted by atomic mass is 16.7. The Labute approximate surface area is 264 Å². The topological polar surface area (TPSA) is 218 Å². The third-order valence-corrected chi connectivity index (χ3v) is 12.6. The van der Waals surface area contributed by atoms with Gasteiger partial charge < -0.3 is 55.4 Å². The fraction of sp³-hybridized carbons (Fsp3) is 0.909. The molecule has 15 atom stereocenters. The molecule has 3 saturated carbocycles. The lowest BCUT2D eigenvalue weighted by atomic mass is 9.45. The zero-order valence-corrected chi connectivity index (χ0v) is 27.0. The Hall–Kier alpha value is -1.03. The van der Waals surface area contributed by atoms with Crippen molar-refractivity contribution in [1.82, 2.24) is 0 Å². The molecular formula is C33H54O12. The summed E-state index contributed by atoms with van der Waals surface area (Å²) in [6.45, 7) is 8.06. The van der Waals surface area contributed by atoms with Gasteiger partial charge in [-0.2, -0.15) is 0 Å². The van der Waals surface area contributed by atoms with E-state index in [1.807, 2.05) is 13.8 Å². The number of carbonyl (C=O) groups is 1. The van der Waals surface area contributed by atoms with Gasteiger partial charge in [0.15, 0.2) is 12.1 Å². The van der Waals surface area contributed by atoms with E-state index < -0.39 is 95.1 Å². The second-order valence-electron chi connectivity index (χ2n) is 16.0. The molecule has 0 radical (unpaired) electrons. The number of ether oxygens (including phenoxy) is 2. The van der Waals surface area contributed by atoms with Crippen LogP contribution in [0.1, 0.15) is 86.0 Å². The summed E-state index contributed by atoms with van der Waals surface area (Å²) in [4.78, 5) is 13.5.